The highest BCUT2D eigenvalue weighted by molar-refractivity contribution is 5.76. The van der Waals surface area contributed by atoms with E-state index in [4.69, 9.17) is 4.74 Å². The first-order valence-corrected chi connectivity index (χ1v) is 6.04. The van der Waals surface area contributed by atoms with E-state index in [1.54, 1.807) is 0 Å². The third kappa shape index (κ3) is 2.33. The molecule has 2 fully saturated rings. The average molecular weight is 211 g/mol. The van der Waals surface area contributed by atoms with Crippen LogP contribution >= 0.6 is 0 Å². The van der Waals surface area contributed by atoms with Gasteiger partial charge in [-0.25, -0.2) is 0 Å². The van der Waals surface area contributed by atoms with Gasteiger partial charge in [-0.1, -0.05) is 12.8 Å². The summed E-state index contributed by atoms with van der Waals surface area (Å²) in [6, 6.07) is 0.652. The highest BCUT2D eigenvalue weighted by Gasteiger charge is 2.40. The lowest BCUT2D eigenvalue weighted by atomic mass is 9.97. The molecule has 2 aliphatic carbocycles. The van der Waals surface area contributed by atoms with Crippen LogP contribution in [0.5, 0.6) is 0 Å². The van der Waals surface area contributed by atoms with E-state index < -0.39 is 0 Å². The number of ether oxygens (including phenoxy) is 1. The molecule has 2 saturated carbocycles. The minimum absolute atomic E-state index is 0.0185. The molecule has 15 heavy (non-hydrogen) atoms. The summed E-state index contributed by atoms with van der Waals surface area (Å²) in [4.78, 5) is 14.1. The number of hydrogen-bond donors (Lipinski definition) is 0. The van der Waals surface area contributed by atoms with E-state index in [0.717, 1.165) is 0 Å². The number of carbonyl (C=O) groups excluding carboxylic acids is 1. The molecular weight excluding hydrogens is 190 g/mol. The normalized spacial score (nSPS) is 24.5. The topological polar surface area (TPSA) is 29.5 Å². The molecule has 0 spiro atoms. The van der Waals surface area contributed by atoms with Crippen molar-refractivity contribution in [2.45, 2.75) is 50.6 Å². The molecule has 0 amide bonds. The van der Waals surface area contributed by atoms with Crippen molar-refractivity contribution in [3.63, 3.8) is 0 Å². The average Bonchev–Trinajstić information content (AvgIpc) is 2.97. The van der Waals surface area contributed by atoms with Gasteiger partial charge in [0.2, 0.25) is 0 Å². The number of likely N-dealkylation sites (N-methyl/N-ethyl adjacent to an activating group) is 1. The highest BCUT2D eigenvalue weighted by atomic mass is 16.5. The number of esters is 1. The van der Waals surface area contributed by atoms with E-state index >= 15 is 0 Å². The van der Waals surface area contributed by atoms with Gasteiger partial charge in [0, 0.05) is 6.04 Å². The van der Waals surface area contributed by atoms with Crippen molar-refractivity contribution >= 4 is 5.97 Å². The van der Waals surface area contributed by atoms with Crippen molar-refractivity contribution < 1.29 is 9.53 Å². The number of hydrogen-bond acceptors (Lipinski definition) is 3. The van der Waals surface area contributed by atoms with Gasteiger partial charge in [-0.3, -0.25) is 9.69 Å². The molecule has 0 aliphatic heterocycles. The summed E-state index contributed by atoms with van der Waals surface area (Å²) in [5.41, 5.74) is 0. The van der Waals surface area contributed by atoms with Gasteiger partial charge >= 0.3 is 5.97 Å². The molecule has 3 heteroatoms. The van der Waals surface area contributed by atoms with Crippen molar-refractivity contribution in [2.24, 2.45) is 5.92 Å². The minimum atomic E-state index is -0.0312. The molecular formula is C12H21NO2. The number of rotatable bonds is 4. The summed E-state index contributed by atoms with van der Waals surface area (Å²) in [5, 5.41) is 0. The van der Waals surface area contributed by atoms with Crippen LogP contribution in [0.2, 0.25) is 0 Å². The van der Waals surface area contributed by atoms with E-state index in [0.29, 0.717) is 12.0 Å². The van der Waals surface area contributed by atoms with Crippen LogP contribution in [0.1, 0.15) is 38.5 Å². The second-order valence-electron chi connectivity index (χ2n) is 4.91. The van der Waals surface area contributed by atoms with E-state index in [9.17, 15) is 4.79 Å². The molecule has 0 saturated heterocycles. The Kier molecular flexibility index (Phi) is 3.29. The summed E-state index contributed by atoms with van der Waals surface area (Å²) in [6.07, 6.45) is 7.43. The molecule has 0 aromatic heterocycles. The largest absolute Gasteiger partial charge is 0.468 e. The molecule has 0 N–H and O–H groups in total. The maximum atomic E-state index is 11.8. The quantitative estimate of drug-likeness (QED) is 0.664. The summed E-state index contributed by atoms with van der Waals surface area (Å²) < 4.78 is 4.94. The molecule has 0 bridgehead atoms. The zero-order chi connectivity index (χ0) is 10.8. The molecule has 0 aromatic carbocycles. The minimum Gasteiger partial charge on any atom is -0.468 e. The van der Waals surface area contributed by atoms with Crippen molar-refractivity contribution in [3.05, 3.63) is 0 Å². The van der Waals surface area contributed by atoms with Crippen LogP contribution in [0.3, 0.4) is 0 Å². The monoisotopic (exact) mass is 211 g/mol. The second kappa shape index (κ2) is 4.52. The Morgan fingerprint density at radius 1 is 1.27 bits per heavy atom. The van der Waals surface area contributed by atoms with E-state index in [1.165, 1.54) is 45.6 Å². The molecule has 1 atom stereocenters. The lowest BCUT2D eigenvalue weighted by molar-refractivity contribution is -0.148. The first kappa shape index (κ1) is 10.9. The second-order valence-corrected chi connectivity index (χ2v) is 4.91. The molecule has 0 aromatic rings. The number of methoxy groups -OCH3 is 1. The van der Waals surface area contributed by atoms with Crippen LogP contribution in [-0.4, -0.2) is 37.1 Å². The Morgan fingerprint density at radius 3 is 2.33 bits per heavy atom. The van der Waals surface area contributed by atoms with Crippen molar-refractivity contribution in [3.8, 4) is 0 Å². The Labute approximate surface area is 91.8 Å². The van der Waals surface area contributed by atoms with Crippen LogP contribution < -0.4 is 0 Å². The fourth-order valence-corrected chi connectivity index (χ4v) is 2.79. The maximum absolute atomic E-state index is 11.8. The van der Waals surface area contributed by atoms with Gasteiger partial charge in [-0.2, -0.15) is 0 Å². The van der Waals surface area contributed by atoms with Crippen LogP contribution in [0.4, 0.5) is 0 Å². The van der Waals surface area contributed by atoms with Crippen LogP contribution in [0, 0.1) is 5.92 Å². The van der Waals surface area contributed by atoms with Gasteiger partial charge in [-0.05, 0) is 38.6 Å². The lowest BCUT2D eigenvalue weighted by Crippen LogP contribution is -2.45. The summed E-state index contributed by atoms with van der Waals surface area (Å²) in [7, 11) is 3.59. The molecule has 0 radical (unpaired) electrons. The van der Waals surface area contributed by atoms with Crippen LogP contribution in [0.25, 0.3) is 0 Å². The van der Waals surface area contributed by atoms with E-state index in [1.807, 2.05) is 0 Å². The third-order valence-electron chi connectivity index (χ3n) is 3.85. The fourth-order valence-electron chi connectivity index (χ4n) is 2.79. The van der Waals surface area contributed by atoms with Crippen LogP contribution in [0.15, 0.2) is 0 Å². The van der Waals surface area contributed by atoms with Gasteiger partial charge in [0.05, 0.1) is 7.11 Å². The molecule has 1 unspecified atom stereocenters. The fraction of sp³-hybridized carbons (Fsp3) is 0.917. The molecule has 86 valence electrons. The molecule has 0 heterocycles. The lowest BCUT2D eigenvalue weighted by Gasteiger charge is -2.30. The van der Waals surface area contributed by atoms with Gasteiger partial charge in [-0.15, -0.1) is 0 Å². The van der Waals surface area contributed by atoms with Gasteiger partial charge in [0.15, 0.2) is 0 Å². The van der Waals surface area contributed by atoms with Gasteiger partial charge in [0.25, 0.3) is 0 Å². The van der Waals surface area contributed by atoms with Crippen molar-refractivity contribution in [2.75, 3.05) is 14.2 Å². The first-order chi connectivity index (χ1) is 7.24. The molecule has 2 rings (SSSR count). The SMILES string of the molecule is COC(=O)C(C1CCCC1)N(C)C1CC1. The Morgan fingerprint density at radius 2 is 1.87 bits per heavy atom. The Bertz CT molecular complexity index is 230. The molecule has 3 nitrogen and oxygen atoms in total. The summed E-state index contributed by atoms with van der Waals surface area (Å²) >= 11 is 0. The van der Waals surface area contributed by atoms with Crippen molar-refractivity contribution in [1.29, 1.82) is 0 Å². The number of nitrogens with zero attached hydrogens (tertiary/aromatic N) is 1. The van der Waals surface area contributed by atoms with Crippen LogP contribution in [-0.2, 0) is 9.53 Å². The maximum Gasteiger partial charge on any atom is 0.323 e. The molecule has 2 aliphatic rings. The van der Waals surface area contributed by atoms with E-state index in [-0.39, 0.29) is 12.0 Å². The summed E-state index contributed by atoms with van der Waals surface area (Å²) in [6.45, 7) is 0. The Hall–Kier alpha value is -0.570. The predicted octanol–water partition coefficient (Wildman–Crippen LogP) is 1.81. The Balaban J connectivity index is 2.03. The standard InChI is InChI=1S/C12H21NO2/c1-13(10-7-8-10)11(12(14)15-2)9-5-3-4-6-9/h9-11H,3-8H2,1-2H3. The van der Waals surface area contributed by atoms with Gasteiger partial charge < -0.3 is 4.74 Å². The van der Waals surface area contributed by atoms with Crippen molar-refractivity contribution in [1.82, 2.24) is 4.90 Å². The zero-order valence-electron chi connectivity index (χ0n) is 9.74. The first-order valence-electron chi connectivity index (χ1n) is 6.04. The smallest absolute Gasteiger partial charge is 0.323 e. The van der Waals surface area contributed by atoms with E-state index in [2.05, 4.69) is 11.9 Å². The summed E-state index contributed by atoms with van der Waals surface area (Å²) in [5.74, 6) is 0.499. The number of carbonyl (C=O) groups is 1. The van der Waals surface area contributed by atoms with Gasteiger partial charge in [0.1, 0.15) is 6.04 Å². The zero-order valence-corrected chi connectivity index (χ0v) is 9.74. The third-order valence-corrected chi connectivity index (χ3v) is 3.85. The predicted molar refractivity (Wildman–Crippen MR) is 58.5 cm³/mol. The highest BCUT2D eigenvalue weighted by Crippen LogP contribution is 2.35.